The van der Waals surface area contributed by atoms with Gasteiger partial charge < -0.3 is 9.84 Å². The third kappa shape index (κ3) is 2.87. The van der Waals surface area contributed by atoms with Crippen LogP contribution in [0.5, 0.6) is 11.5 Å². The van der Waals surface area contributed by atoms with E-state index in [0.29, 0.717) is 10.9 Å². The van der Waals surface area contributed by atoms with Crippen molar-refractivity contribution < 1.29 is 9.84 Å². The number of benzene rings is 2. The van der Waals surface area contributed by atoms with Crippen molar-refractivity contribution in [1.82, 2.24) is 4.98 Å². The molecule has 0 aliphatic heterocycles. The van der Waals surface area contributed by atoms with Crippen LogP contribution in [0.15, 0.2) is 41.4 Å². The Morgan fingerprint density at radius 2 is 2.10 bits per heavy atom. The summed E-state index contributed by atoms with van der Waals surface area (Å²) >= 11 is 1.55. The normalized spacial score (nSPS) is 11.3. The van der Waals surface area contributed by atoms with Gasteiger partial charge in [0.2, 0.25) is 5.13 Å². The maximum absolute atomic E-state index is 9.56. The number of rotatable bonds is 3. The fourth-order valence-corrected chi connectivity index (χ4v) is 2.89. The quantitative estimate of drug-likeness (QED) is 0.742. The molecule has 106 valence electrons. The number of fused-ring (bicyclic) bond motifs is 1. The number of methoxy groups -OCH3 is 1. The van der Waals surface area contributed by atoms with E-state index in [1.54, 1.807) is 35.8 Å². The van der Waals surface area contributed by atoms with Crippen molar-refractivity contribution in [1.29, 1.82) is 0 Å². The lowest BCUT2D eigenvalue weighted by Crippen LogP contribution is -1.86. The zero-order valence-corrected chi connectivity index (χ0v) is 12.5. The molecule has 0 aliphatic carbocycles. The highest BCUT2D eigenvalue weighted by atomic mass is 32.1. The van der Waals surface area contributed by atoms with Gasteiger partial charge in [0.1, 0.15) is 0 Å². The number of aliphatic imine (C=N–C) groups is 1. The maximum Gasteiger partial charge on any atom is 0.210 e. The number of hydrogen-bond acceptors (Lipinski definition) is 5. The van der Waals surface area contributed by atoms with E-state index in [2.05, 4.69) is 23.0 Å². The third-order valence-corrected chi connectivity index (χ3v) is 3.99. The van der Waals surface area contributed by atoms with Crippen LogP contribution in [0.3, 0.4) is 0 Å². The lowest BCUT2D eigenvalue weighted by Gasteiger charge is -2.02. The Bertz CT molecular complexity index is 824. The third-order valence-electron chi connectivity index (χ3n) is 3.06. The van der Waals surface area contributed by atoms with Gasteiger partial charge in [-0.25, -0.2) is 9.98 Å². The number of ether oxygens (including phenoxy) is 1. The summed E-state index contributed by atoms with van der Waals surface area (Å²) in [4.78, 5) is 8.86. The van der Waals surface area contributed by atoms with E-state index in [0.717, 1.165) is 15.8 Å². The number of phenols is 1. The zero-order valence-electron chi connectivity index (χ0n) is 11.7. The molecule has 0 radical (unpaired) electrons. The summed E-state index contributed by atoms with van der Waals surface area (Å²) < 4.78 is 6.20. The van der Waals surface area contributed by atoms with Crippen LogP contribution >= 0.6 is 11.3 Å². The number of aromatic nitrogens is 1. The highest BCUT2D eigenvalue weighted by Gasteiger charge is 2.03. The van der Waals surface area contributed by atoms with Gasteiger partial charge in [-0.15, -0.1) is 0 Å². The first-order valence-corrected chi connectivity index (χ1v) is 7.25. The first-order chi connectivity index (χ1) is 10.2. The van der Waals surface area contributed by atoms with Crippen molar-refractivity contribution in [2.75, 3.05) is 7.11 Å². The Morgan fingerprint density at radius 1 is 1.24 bits per heavy atom. The van der Waals surface area contributed by atoms with Crippen molar-refractivity contribution in [3.8, 4) is 11.5 Å². The summed E-state index contributed by atoms with van der Waals surface area (Å²) in [7, 11) is 1.52. The molecule has 1 aromatic heterocycles. The Balaban J connectivity index is 1.90. The monoisotopic (exact) mass is 298 g/mol. The van der Waals surface area contributed by atoms with E-state index in [1.165, 1.54) is 12.7 Å². The minimum absolute atomic E-state index is 0.116. The molecule has 5 heteroatoms. The number of aryl methyl sites for hydroxylation is 1. The minimum atomic E-state index is 0.116. The fourth-order valence-electron chi connectivity index (χ4n) is 1.98. The Kier molecular flexibility index (Phi) is 3.58. The molecule has 0 unspecified atom stereocenters. The molecule has 1 N–H and O–H groups in total. The summed E-state index contributed by atoms with van der Waals surface area (Å²) in [5.41, 5.74) is 3.02. The van der Waals surface area contributed by atoms with Crippen molar-refractivity contribution in [3.63, 3.8) is 0 Å². The molecule has 3 rings (SSSR count). The largest absolute Gasteiger partial charge is 0.504 e. The average Bonchev–Trinajstić information content (AvgIpc) is 2.88. The van der Waals surface area contributed by atoms with Crippen molar-refractivity contribution >= 4 is 32.9 Å². The van der Waals surface area contributed by atoms with Crippen LogP contribution in [0.25, 0.3) is 10.2 Å². The molecule has 1 heterocycles. The van der Waals surface area contributed by atoms with E-state index in [1.807, 2.05) is 12.1 Å². The number of aromatic hydroxyl groups is 1. The van der Waals surface area contributed by atoms with Gasteiger partial charge in [-0.2, -0.15) is 0 Å². The van der Waals surface area contributed by atoms with Gasteiger partial charge in [0, 0.05) is 6.21 Å². The molecule has 0 bridgehead atoms. The molecule has 0 atom stereocenters. The topological polar surface area (TPSA) is 54.7 Å². The number of phenolic OH excluding ortho intramolecular Hbond substituents is 1. The van der Waals surface area contributed by atoms with E-state index in [9.17, 15) is 5.11 Å². The standard InChI is InChI=1S/C16H14N2O2S/c1-10-3-5-12-15(7-10)21-16(18-12)17-9-11-4-6-13(19)14(8-11)20-2/h3-9,19H,1-2H3. The number of hydrogen-bond donors (Lipinski definition) is 1. The molecule has 0 amide bonds. The van der Waals surface area contributed by atoms with Crippen LogP contribution in [0, 0.1) is 6.92 Å². The smallest absolute Gasteiger partial charge is 0.210 e. The molecular formula is C16H14N2O2S. The van der Waals surface area contributed by atoms with Crippen LogP contribution in [0.4, 0.5) is 5.13 Å². The second-order valence-corrected chi connectivity index (χ2v) is 5.67. The Hall–Kier alpha value is -2.40. The predicted octanol–water partition coefficient (Wildman–Crippen LogP) is 4.07. The number of thiazole rings is 1. The fraction of sp³-hybridized carbons (Fsp3) is 0.125. The van der Waals surface area contributed by atoms with E-state index in [-0.39, 0.29) is 5.75 Å². The van der Waals surface area contributed by atoms with Crippen molar-refractivity contribution in [2.24, 2.45) is 4.99 Å². The first-order valence-electron chi connectivity index (χ1n) is 6.44. The Labute approximate surface area is 126 Å². The van der Waals surface area contributed by atoms with Crippen LogP contribution < -0.4 is 4.74 Å². The van der Waals surface area contributed by atoms with Gasteiger partial charge in [0.25, 0.3) is 0 Å². The van der Waals surface area contributed by atoms with Crippen LogP contribution in [0.1, 0.15) is 11.1 Å². The van der Waals surface area contributed by atoms with Crippen molar-refractivity contribution in [2.45, 2.75) is 6.92 Å². The second kappa shape index (κ2) is 5.54. The average molecular weight is 298 g/mol. The molecule has 0 spiro atoms. The highest BCUT2D eigenvalue weighted by molar-refractivity contribution is 7.22. The predicted molar refractivity (Wildman–Crippen MR) is 86.3 cm³/mol. The van der Waals surface area contributed by atoms with Gasteiger partial charge in [0.05, 0.1) is 17.3 Å². The van der Waals surface area contributed by atoms with E-state index < -0.39 is 0 Å². The lowest BCUT2D eigenvalue weighted by molar-refractivity contribution is 0.373. The lowest BCUT2D eigenvalue weighted by atomic mass is 10.2. The minimum Gasteiger partial charge on any atom is -0.504 e. The maximum atomic E-state index is 9.56. The van der Waals surface area contributed by atoms with Gasteiger partial charge in [-0.1, -0.05) is 17.4 Å². The highest BCUT2D eigenvalue weighted by Crippen LogP contribution is 2.29. The summed E-state index contributed by atoms with van der Waals surface area (Å²) in [5, 5.41) is 10.3. The summed E-state index contributed by atoms with van der Waals surface area (Å²) in [6.45, 7) is 2.06. The van der Waals surface area contributed by atoms with E-state index in [4.69, 9.17) is 4.74 Å². The number of nitrogens with zero attached hydrogens (tertiary/aromatic N) is 2. The van der Waals surface area contributed by atoms with Gasteiger partial charge >= 0.3 is 0 Å². The van der Waals surface area contributed by atoms with Crippen LogP contribution in [-0.2, 0) is 0 Å². The van der Waals surface area contributed by atoms with E-state index >= 15 is 0 Å². The molecule has 4 nitrogen and oxygen atoms in total. The molecule has 0 aliphatic rings. The van der Waals surface area contributed by atoms with Gasteiger partial charge in [-0.3, -0.25) is 0 Å². The molecule has 3 aromatic rings. The summed E-state index contributed by atoms with van der Waals surface area (Å²) in [6, 6.07) is 11.2. The van der Waals surface area contributed by atoms with Gasteiger partial charge in [0.15, 0.2) is 11.5 Å². The van der Waals surface area contributed by atoms with Gasteiger partial charge in [-0.05, 0) is 48.4 Å². The van der Waals surface area contributed by atoms with Crippen LogP contribution in [-0.4, -0.2) is 23.4 Å². The molecule has 2 aromatic carbocycles. The first kappa shape index (κ1) is 13.6. The van der Waals surface area contributed by atoms with Crippen LogP contribution in [0.2, 0.25) is 0 Å². The molecule has 0 saturated heterocycles. The molecule has 21 heavy (non-hydrogen) atoms. The second-order valence-electron chi connectivity index (χ2n) is 4.66. The van der Waals surface area contributed by atoms with Crippen molar-refractivity contribution in [3.05, 3.63) is 47.5 Å². The summed E-state index contributed by atoms with van der Waals surface area (Å²) in [5.74, 6) is 0.545. The molecular weight excluding hydrogens is 284 g/mol. The summed E-state index contributed by atoms with van der Waals surface area (Å²) in [6.07, 6.45) is 1.71. The zero-order chi connectivity index (χ0) is 14.8. The molecule has 0 saturated carbocycles. The Morgan fingerprint density at radius 3 is 2.90 bits per heavy atom. The SMILES string of the molecule is COc1cc(C=Nc2nc3ccc(C)cc3s2)ccc1O. The molecule has 0 fully saturated rings.